The van der Waals surface area contributed by atoms with Gasteiger partial charge >= 0.3 is 6.09 Å². The summed E-state index contributed by atoms with van der Waals surface area (Å²) < 4.78 is 7.04. The standard InChI is InChI=1S/C10H19N3O3Si/c1-17(2,3)7-6-16-8-13-5-4-9(12-13)11-10(14)15/h4-5H,6-8H2,1-3H3,(H,11,12)(H,14,15). The Balaban J connectivity index is 2.28. The second-order valence-corrected chi connectivity index (χ2v) is 10.6. The van der Waals surface area contributed by atoms with Crippen molar-refractivity contribution in [2.24, 2.45) is 0 Å². The maximum atomic E-state index is 10.4. The van der Waals surface area contributed by atoms with E-state index in [4.69, 9.17) is 9.84 Å². The van der Waals surface area contributed by atoms with Crippen LogP contribution in [0.3, 0.4) is 0 Å². The van der Waals surface area contributed by atoms with Gasteiger partial charge in [0.05, 0.1) is 0 Å². The zero-order valence-corrected chi connectivity index (χ0v) is 11.4. The summed E-state index contributed by atoms with van der Waals surface area (Å²) in [5.74, 6) is 0.311. The van der Waals surface area contributed by atoms with E-state index in [1.807, 2.05) is 0 Å². The summed E-state index contributed by atoms with van der Waals surface area (Å²) in [6.45, 7) is 7.94. The quantitative estimate of drug-likeness (QED) is 0.605. The molecule has 0 aliphatic rings. The van der Waals surface area contributed by atoms with Gasteiger partial charge in [0.25, 0.3) is 0 Å². The largest absolute Gasteiger partial charge is 0.465 e. The number of nitrogens with one attached hydrogen (secondary N) is 1. The van der Waals surface area contributed by atoms with Crippen LogP contribution in [0.25, 0.3) is 0 Å². The molecule has 96 valence electrons. The minimum atomic E-state index is -1.12. The first-order valence-corrected chi connectivity index (χ1v) is 9.19. The van der Waals surface area contributed by atoms with E-state index >= 15 is 0 Å². The van der Waals surface area contributed by atoms with E-state index < -0.39 is 14.2 Å². The summed E-state index contributed by atoms with van der Waals surface area (Å²) in [5, 5.41) is 14.7. The minimum absolute atomic E-state index is 0.311. The zero-order valence-electron chi connectivity index (χ0n) is 10.4. The lowest BCUT2D eigenvalue weighted by molar-refractivity contribution is 0.0787. The van der Waals surface area contributed by atoms with E-state index in [1.54, 1.807) is 16.9 Å². The van der Waals surface area contributed by atoms with E-state index in [-0.39, 0.29) is 0 Å². The van der Waals surface area contributed by atoms with Crippen molar-refractivity contribution in [2.75, 3.05) is 11.9 Å². The van der Waals surface area contributed by atoms with Crippen molar-refractivity contribution in [3.8, 4) is 0 Å². The maximum absolute atomic E-state index is 10.4. The van der Waals surface area contributed by atoms with Crippen molar-refractivity contribution in [3.63, 3.8) is 0 Å². The normalized spacial score (nSPS) is 11.5. The van der Waals surface area contributed by atoms with Gasteiger partial charge in [-0.15, -0.1) is 0 Å². The van der Waals surface area contributed by atoms with Crippen LogP contribution in [0.5, 0.6) is 0 Å². The first-order valence-electron chi connectivity index (χ1n) is 5.48. The molecule has 1 amide bonds. The highest BCUT2D eigenvalue weighted by Crippen LogP contribution is 2.08. The number of ether oxygens (including phenoxy) is 1. The third kappa shape index (κ3) is 6.08. The molecule has 1 heterocycles. The number of carboxylic acid groups (broad SMARTS) is 1. The van der Waals surface area contributed by atoms with Crippen LogP contribution in [-0.2, 0) is 11.5 Å². The summed E-state index contributed by atoms with van der Waals surface area (Å²) >= 11 is 0. The second-order valence-electron chi connectivity index (χ2n) is 5.02. The fourth-order valence-corrected chi connectivity index (χ4v) is 1.90. The van der Waals surface area contributed by atoms with E-state index in [0.717, 1.165) is 12.7 Å². The molecule has 0 radical (unpaired) electrons. The molecule has 0 saturated heterocycles. The highest BCUT2D eigenvalue weighted by molar-refractivity contribution is 6.76. The smallest absolute Gasteiger partial charge is 0.410 e. The average molecular weight is 257 g/mol. The van der Waals surface area contributed by atoms with Crippen molar-refractivity contribution >= 4 is 20.0 Å². The molecule has 0 spiro atoms. The predicted molar refractivity (Wildman–Crippen MR) is 68.0 cm³/mol. The van der Waals surface area contributed by atoms with Gasteiger partial charge in [-0.25, -0.2) is 9.48 Å². The number of hydrogen-bond donors (Lipinski definition) is 2. The van der Waals surface area contributed by atoms with Crippen molar-refractivity contribution in [1.82, 2.24) is 9.78 Å². The van der Waals surface area contributed by atoms with Gasteiger partial charge in [0.2, 0.25) is 0 Å². The molecule has 0 aromatic carbocycles. The van der Waals surface area contributed by atoms with Gasteiger partial charge in [0.1, 0.15) is 6.73 Å². The van der Waals surface area contributed by atoms with Crippen molar-refractivity contribution in [3.05, 3.63) is 12.3 Å². The summed E-state index contributed by atoms with van der Waals surface area (Å²) in [5.41, 5.74) is 0. The van der Waals surface area contributed by atoms with Gasteiger partial charge in [-0.05, 0) is 6.04 Å². The lowest BCUT2D eigenvalue weighted by atomic mass is 10.6. The van der Waals surface area contributed by atoms with Gasteiger partial charge in [-0.1, -0.05) is 19.6 Å². The zero-order chi connectivity index (χ0) is 12.9. The Labute approximate surface area is 102 Å². The topological polar surface area (TPSA) is 76.4 Å². The predicted octanol–water partition coefficient (Wildman–Crippen LogP) is 2.29. The Hall–Kier alpha value is -1.34. The molecule has 0 bridgehead atoms. The number of amides is 1. The molecule has 0 atom stereocenters. The molecule has 0 aliphatic heterocycles. The highest BCUT2D eigenvalue weighted by atomic mass is 28.3. The van der Waals surface area contributed by atoms with Crippen LogP contribution in [0.2, 0.25) is 25.7 Å². The molecule has 0 fully saturated rings. The number of rotatable bonds is 6. The molecule has 7 heteroatoms. The van der Waals surface area contributed by atoms with Crippen LogP contribution in [0, 0.1) is 0 Å². The van der Waals surface area contributed by atoms with E-state index in [2.05, 4.69) is 30.1 Å². The third-order valence-corrected chi connectivity index (χ3v) is 3.80. The molecule has 1 aromatic rings. The number of aromatic nitrogens is 2. The first-order chi connectivity index (χ1) is 7.87. The first kappa shape index (κ1) is 13.7. The Kier molecular flexibility index (Phi) is 4.70. The van der Waals surface area contributed by atoms with Gasteiger partial charge in [0, 0.05) is 26.9 Å². The third-order valence-electron chi connectivity index (χ3n) is 2.10. The van der Waals surface area contributed by atoms with E-state index in [1.165, 1.54) is 0 Å². The summed E-state index contributed by atoms with van der Waals surface area (Å²) in [4.78, 5) is 10.4. The second kappa shape index (κ2) is 5.83. The van der Waals surface area contributed by atoms with Crippen LogP contribution in [-0.4, -0.2) is 35.7 Å². The van der Waals surface area contributed by atoms with Gasteiger partial charge < -0.3 is 9.84 Å². The van der Waals surface area contributed by atoms with Gasteiger partial charge in [-0.2, -0.15) is 5.10 Å². The van der Waals surface area contributed by atoms with Crippen LogP contribution in [0.1, 0.15) is 0 Å². The lowest BCUT2D eigenvalue weighted by Gasteiger charge is -2.15. The van der Waals surface area contributed by atoms with Crippen LogP contribution in [0.4, 0.5) is 10.6 Å². The number of nitrogens with zero attached hydrogens (tertiary/aromatic N) is 2. The molecule has 1 aromatic heterocycles. The van der Waals surface area contributed by atoms with Crippen molar-refractivity contribution < 1.29 is 14.6 Å². The van der Waals surface area contributed by atoms with Crippen molar-refractivity contribution in [1.29, 1.82) is 0 Å². The van der Waals surface area contributed by atoms with Crippen molar-refractivity contribution in [2.45, 2.75) is 32.4 Å². The SMILES string of the molecule is C[Si](C)(C)CCOCn1ccc(NC(=O)O)n1. The fraction of sp³-hybridized carbons (Fsp3) is 0.600. The molecular formula is C10H19N3O3Si. The molecule has 0 saturated carbocycles. The summed E-state index contributed by atoms with van der Waals surface area (Å²) in [6, 6.07) is 2.70. The molecule has 6 nitrogen and oxygen atoms in total. The molecule has 0 unspecified atom stereocenters. The maximum Gasteiger partial charge on any atom is 0.410 e. The molecule has 1 rings (SSSR count). The highest BCUT2D eigenvalue weighted by Gasteiger charge is 2.12. The van der Waals surface area contributed by atoms with Gasteiger partial charge in [-0.3, -0.25) is 5.32 Å². The number of hydrogen-bond acceptors (Lipinski definition) is 3. The van der Waals surface area contributed by atoms with E-state index in [0.29, 0.717) is 12.5 Å². The molecule has 2 N–H and O–H groups in total. The Morgan fingerprint density at radius 2 is 2.29 bits per heavy atom. The molecule has 0 aliphatic carbocycles. The summed E-state index contributed by atoms with van der Waals surface area (Å²) in [6.07, 6.45) is 0.565. The van der Waals surface area contributed by atoms with E-state index in [9.17, 15) is 4.79 Å². The fourth-order valence-electron chi connectivity index (χ4n) is 1.15. The van der Waals surface area contributed by atoms with Crippen LogP contribution in [0.15, 0.2) is 12.3 Å². The Morgan fingerprint density at radius 1 is 1.59 bits per heavy atom. The van der Waals surface area contributed by atoms with Crippen LogP contribution >= 0.6 is 0 Å². The number of anilines is 1. The lowest BCUT2D eigenvalue weighted by Crippen LogP contribution is -2.22. The minimum Gasteiger partial charge on any atom is -0.465 e. The Morgan fingerprint density at radius 3 is 2.88 bits per heavy atom. The molecular weight excluding hydrogens is 238 g/mol. The average Bonchev–Trinajstić information content (AvgIpc) is 2.58. The number of carbonyl (C=O) groups is 1. The molecule has 17 heavy (non-hydrogen) atoms. The monoisotopic (exact) mass is 257 g/mol. The van der Waals surface area contributed by atoms with Gasteiger partial charge in [0.15, 0.2) is 5.82 Å². The Bertz CT molecular complexity index is 373. The summed E-state index contributed by atoms with van der Waals surface area (Å²) in [7, 11) is -1.06. The van der Waals surface area contributed by atoms with Crippen LogP contribution < -0.4 is 5.32 Å².